The highest BCUT2D eigenvalue weighted by molar-refractivity contribution is 7.80. The number of hydrogen-bond donors (Lipinski definition) is 4. The minimum absolute atomic E-state index is 0.00539. The number of hydrazine groups is 1. The van der Waals surface area contributed by atoms with E-state index in [0.29, 0.717) is 40.7 Å². The predicted octanol–water partition coefficient (Wildman–Crippen LogP) is 2.30. The van der Waals surface area contributed by atoms with Crippen LogP contribution in [0.25, 0.3) is 0 Å². The van der Waals surface area contributed by atoms with Crippen molar-refractivity contribution in [1.29, 1.82) is 0 Å². The van der Waals surface area contributed by atoms with E-state index in [-0.39, 0.29) is 17.6 Å². The van der Waals surface area contributed by atoms with Crippen molar-refractivity contribution in [2.45, 2.75) is 38.1 Å². The zero-order valence-electron chi connectivity index (χ0n) is 18.3. The highest BCUT2D eigenvalue weighted by Crippen LogP contribution is 2.38. The Hall–Kier alpha value is -2.65. The van der Waals surface area contributed by atoms with E-state index in [1.165, 1.54) is 19.7 Å². The number of ether oxygens (including phenoxy) is 1. The summed E-state index contributed by atoms with van der Waals surface area (Å²) < 4.78 is 5.08. The summed E-state index contributed by atoms with van der Waals surface area (Å²) in [6, 6.07) is 5.55. The Morgan fingerprint density at radius 3 is 2.91 bits per heavy atom. The Bertz CT molecular complexity index is 906. The molecule has 0 spiro atoms. The molecule has 0 aromatic heterocycles. The molecule has 2 fully saturated rings. The molecule has 32 heavy (non-hydrogen) atoms. The number of thiocarbonyl (C=S) groups is 1. The van der Waals surface area contributed by atoms with E-state index in [2.05, 4.69) is 38.4 Å². The number of amides is 1. The van der Waals surface area contributed by atoms with E-state index < -0.39 is 0 Å². The number of fused-ring (bicyclic) bond motifs is 2. The molecule has 172 valence electrons. The molecule has 8 nitrogen and oxygen atoms in total. The van der Waals surface area contributed by atoms with Crippen molar-refractivity contribution < 1.29 is 14.6 Å². The molecule has 2 aliphatic carbocycles. The largest absolute Gasteiger partial charge is 0.504 e. The quantitative estimate of drug-likeness (QED) is 0.225. The molecule has 4 atom stereocenters. The van der Waals surface area contributed by atoms with Gasteiger partial charge in [0, 0.05) is 30.6 Å². The Balaban J connectivity index is 1.22. The highest BCUT2D eigenvalue weighted by atomic mass is 32.1. The Kier molecular flexibility index (Phi) is 7.26. The molecule has 1 heterocycles. The van der Waals surface area contributed by atoms with Crippen LogP contribution in [0, 0.1) is 17.8 Å². The van der Waals surface area contributed by atoms with Gasteiger partial charge in [0.1, 0.15) is 0 Å². The number of nitrogens with one attached hydrogen (secondary N) is 3. The van der Waals surface area contributed by atoms with Gasteiger partial charge in [-0.2, -0.15) is 5.10 Å². The van der Waals surface area contributed by atoms with E-state index in [9.17, 15) is 9.90 Å². The van der Waals surface area contributed by atoms with E-state index >= 15 is 0 Å². The lowest BCUT2D eigenvalue weighted by Crippen LogP contribution is -2.51. The molecular weight excluding hydrogens is 426 g/mol. The second-order valence-electron chi connectivity index (χ2n) is 8.71. The second kappa shape index (κ2) is 10.3. The zero-order chi connectivity index (χ0) is 22.5. The summed E-state index contributed by atoms with van der Waals surface area (Å²) in [5, 5.41) is 14.8. The molecule has 1 aliphatic heterocycles. The van der Waals surface area contributed by atoms with Gasteiger partial charge in [-0.1, -0.05) is 18.2 Å². The van der Waals surface area contributed by atoms with Gasteiger partial charge in [-0.15, -0.1) is 0 Å². The van der Waals surface area contributed by atoms with E-state index in [0.717, 1.165) is 32.4 Å². The van der Waals surface area contributed by atoms with Crippen molar-refractivity contribution in [2.75, 3.05) is 20.2 Å². The van der Waals surface area contributed by atoms with Crippen LogP contribution >= 0.6 is 12.2 Å². The monoisotopic (exact) mass is 457 g/mol. The molecule has 0 radical (unpaired) electrons. The van der Waals surface area contributed by atoms with E-state index in [1.807, 2.05) is 0 Å². The number of hydrogen-bond acceptors (Lipinski definition) is 6. The number of rotatable bonds is 6. The average Bonchev–Trinajstić information content (AvgIpc) is 3.33. The maximum atomic E-state index is 12.6. The normalized spacial score (nSPS) is 26.8. The first-order chi connectivity index (χ1) is 15.5. The predicted molar refractivity (Wildman–Crippen MR) is 127 cm³/mol. The maximum absolute atomic E-state index is 12.6. The van der Waals surface area contributed by atoms with E-state index in [1.54, 1.807) is 18.2 Å². The van der Waals surface area contributed by atoms with Crippen LogP contribution in [0.15, 0.2) is 35.5 Å². The molecule has 4 N–H and O–H groups in total. The van der Waals surface area contributed by atoms with Crippen LogP contribution in [0.5, 0.6) is 11.5 Å². The van der Waals surface area contributed by atoms with Crippen molar-refractivity contribution in [3.05, 3.63) is 35.9 Å². The fourth-order valence-electron chi connectivity index (χ4n) is 4.81. The van der Waals surface area contributed by atoms with Crippen LogP contribution in [0.3, 0.4) is 0 Å². The van der Waals surface area contributed by atoms with Gasteiger partial charge in [-0.3, -0.25) is 10.2 Å². The number of para-hydroxylation sites is 1. The fraction of sp³-hybridized carbons (Fsp3) is 0.522. The maximum Gasteiger partial charge on any atom is 0.243 e. The standard InChI is InChI=1S/C23H31N5O3S/c1-31-20-6-2-4-18(21(20)29)14-24-26-22(30)16-5-3-10-28(11-9-16)23(32)27-25-19-13-15-7-8-17(19)12-15/h2,4,6-8,14-17,19,25,29H,3,5,9-13H2,1H3,(H,26,30)(H,27,32)/b24-14-. The average molecular weight is 458 g/mol. The number of carbonyl (C=O) groups excluding carboxylic acids is 1. The number of methoxy groups -OCH3 is 1. The molecular formula is C23H31N5O3S. The molecule has 1 aromatic rings. The fourth-order valence-corrected chi connectivity index (χ4v) is 5.05. The summed E-state index contributed by atoms with van der Waals surface area (Å²) in [7, 11) is 1.49. The van der Waals surface area contributed by atoms with Crippen LogP contribution in [0.4, 0.5) is 0 Å². The number of hydrazone groups is 1. The number of phenols is 1. The SMILES string of the molecule is COc1cccc(/C=N\NC(=O)C2CCCN(C(=S)NNC3CC4C=CC3C4)CC2)c1O. The molecule has 9 heteroatoms. The Labute approximate surface area is 194 Å². The summed E-state index contributed by atoms with van der Waals surface area (Å²) in [5.74, 6) is 1.43. The summed E-state index contributed by atoms with van der Waals surface area (Å²) in [6.45, 7) is 1.55. The molecule has 4 rings (SSSR count). The third-order valence-corrected chi connectivity index (χ3v) is 7.02. The minimum Gasteiger partial charge on any atom is -0.504 e. The number of benzene rings is 1. The lowest BCUT2D eigenvalue weighted by atomic mass is 10.0. The van der Waals surface area contributed by atoms with Gasteiger partial charge in [0.2, 0.25) is 5.91 Å². The smallest absolute Gasteiger partial charge is 0.243 e. The molecule has 1 amide bonds. The van der Waals surface area contributed by atoms with Crippen molar-refractivity contribution in [1.82, 2.24) is 21.2 Å². The van der Waals surface area contributed by atoms with Crippen LogP contribution in [0.1, 0.15) is 37.7 Å². The van der Waals surface area contributed by atoms with Crippen LogP contribution in [0.2, 0.25) is 0 Å². The Morgan fingerprint density at radius 1 is 1.28 bits per heavy atom. The summed E-state index contributed by atoms with van der Waals surface area (Å²) >= 11 is 5.59. The van der Waals surface area contributed by atoms with Crippen LogP contribution in [-0.4, -0.2) is 53.5 Å². The molecule has 4 unspecified atom stereocenters. The molecule has 3 aliphatic rings. The summed E-state index contributed by atoms with van der Waals surface area (Å²) in [6.07, 6.45) is 10.8. The first kappa shape index (κ1) is 22.5. The number of phenolic OH excluding ortho intramolecular Hbond substituents is 1. The lowest BCUT2D eigenvalue weighted by Gasteiger charge is -2.27. The van der Waals surface area contributed by atoms with Gasteiger partial charge in [0.05, 0.1) is 13.3 Å². The topological polar surface area (TPSA) is 98.2 Å². The highest BCUT2D eigenvalue weighted by Gasteiger charge is 2.35. The number of nitrogens with zero attached hydrogens (tertiary/aromatic N) is 2. The zero-order valence-corrected chi connectivity index (χ0v) is 19.1. The minimum atomic E-state index is -0.123. The van der Waals surface area contributed by atoms with Crippen molar-refractivity contribution in [2.24, 2.45) is 22.9 Å². The molecule has 1 saturated carbocycles. The van der Waals surface area contributed by atoms with Crippen LogP contribution < -0.4 is 21.0 Å². The van der Waals surface area contributed by atoms with Gasteiger partial charge in [0.15, 0.2) is 16.6 Å². The third kappa shape index (κ3) is 5.21. The van der Waals surface area contributed by atoms with Gasteiger partial charge in [0.25, 0.3) is 0 Å². The number of likely N-dealkylation sites (tertiary alicyclic amines) is 1. The first-order valence-electron chi connectivity index (χ1n) is 11.2. The van der Waals surface area contributed by atoms with Crippen LogP contribution in [-0.2, 0) is 4.79 Å². The molecule has 1 aromatic carbocycles. The first-order valence-corrected chi connectivity index (χ1v) is 11.6. The number of aromatic hydroxyl groups is 1. The lowest BCUT2D eigenvalue weighted by molar-refractivity contribution is -0.125. The van der Waals surface area contributed by atoms with Gasteiger partial charge in [-0.25, -0.2) is 10.9 Å². The van der Waals surface area contributed by atoms with Gasteiger partial charge in [-0.05, 0) is 68.3 Å². The van der Waals surface area contributed by atoms with Crippen molar-refractivity contribution >= 4 is 29.5 Å². The second-order valence-corrected chi connectivity index (χ2v) is 9.10. The van der Waals surface area contributed by atoms with Gasteiger partial charge < -0.3 is 14.7 Å². The summed E-state index contributed by atoms with van der Waals surface area (Å²) in [4.78, 5) is 14.7. The molecule has 1 saturated heterocycles. The van der Waals surface area contributed by atoms with Crippen molar-refractivity contribution in [3.63, 3.8) is 0 Å². The summed E-state index contributed by atoms with van der Waals surface area (Å²) in [5.41, 5.74) is 9.73. The van der Waals surface area contributed by atoms with Crippen molar-refractivity contribution in [3.8, 4) is 11.5 Å². The Morgan fingerprint density at radius 2 is 2.16 bits per heavy atom. The van der Waals surface area contributed by atoms with Gasteiger partial charge >= 0.3 is 0 Å². The molecule has 2 bridgehead atoms. The van der Waals surface area contributed by atoms with E-state index in [4.69, 9.17) is 17.0 Å². The third-order valence-electron chi connectivity index (χ3n) is 6.66. The number of carbonyl (C=O) groups is 1. The number of allylic oxidation sites excluding steroid dienone is 1.